The summed E-state index contributed by atoms with van der Waals surface area (Å²) in [6.07, 6.45) is 0.833. The lowest BCUT2D eigenvalue weighted by Gasteiger charge is -2.32. The Morgan fingerprint density at radius 3 is 2.44 bits per heavy atom. The first-order chi connectivity index (χ1) is 8.79. The molecule has 1 heterocycles. The first-order valence-corrected chi connectivity index (χ1v) is 6.05. The van der Waals surface area contributed by atoms with Gasteiger partial charge in [-0.05, 0) is 5.56 Å². The monoisotopic (exact) mass is 247 g/mol. The summed E-state index contributed by atoms with van der Waals surface area (Å²) in [6, 6.07) is 9.73. The van der Waals surface area contributed by atoms with Gasteiger partial charge < -0.3 is 15.1 Å². The van der Waals surface area contributed by atoms with Crippen molar-refractivity contribution in [3.63, 3.8) is 0 Å². The normalized spacial score (nSPS) is 15.3. The molecule has 1 saturated heterocycles. The predicted molar refractivity (Wildman–Crippen MR) is 67.9 cm³/mol. The molecule has 96 valence electrons. The van der Waals surface area contributed by atoms with E-state index in [4.69, 9.17) is 0 Å². The lowest BCUT2D eigenvalue weighted by molar-refractivity contribution is -0.119. The highest BCUT2D eigenvalue weighted by atomic mass is 16.2. The van der Waals surface area contributed by atoms with Crippen molar-refractivity contribution >= 4 is 12.4 Å². The maximum absolute atomic E-state index is 11.9. The van der Waals surface area contributed by atoms with Crippen LogP contribution in [0.3, 0.4) is 0 Å². The Morgan fingerprint density at radius 2 is 1.83 bits per heavy atom. The van der Waals surface area contributed by atoms with E-state index in [0.29, 0.717) is 32.7 Å². The van der Waals surface area contributed by atoms with E-state index in [-0.39, 0.29) is 6.03 Å². The molecule has 5 nitrogen and oxygen atoms in total. The van der Waals surface area contributed by atoms with Crippen molar-refractivity contribution in [1.82, 2.24) is 15.1 Å². The van der Waals surface area contributed by atoms with E-state index in [0.717, 1.165) is 12.0 Å². The number of carbonyl (C=O) groups excluding carboxylic acids is 2. The number of nitrogens with one attached hydrogen (secondary N) is 1. The quantitative estimate of drug-likeness (QED) is 0.798. The summed E-state index contributed by atoms with van der Waals surface area (Å²) in [5.41, 5.74) is 1.08. The summed E-state index contributed by atoms with van der Waals surface area (Å²) < 4.78 is 0. The molecule has 5 heteroatoms. The van der Waals surface area contributed by atoms with E-state index < -0.39 is 0 Å². The predicted octanol–water partition coefficient (Wildman–Crippen LogP) is 0.670. The van der Waals surface area contributed by atoms with Crippen LogP contribution in [0.1, 0.15) is 5.56 Å². The van der Waals surface area contributed by atoms with Crippen LogP contribution < -0.4 is 5.32 Å². The van der Waals surface area contributed by atoms with E-state index in [1.807, 2.05) is 30.3 Å². The third kappa shape index (κ3) is 3.23. The summed E-state index contributed by atoms with van der Waals surface area (Å²) in [5.74, 6) is 0. The molecule has 0 unspecified atom stereocenters. The van der Waals surface area contributed by atoms with Crippen molar-refractivity contribution in [3.05, 3.63) is 35.9 Å². The Hall–Kier alpha value is -2.04. The minimum absolute atomic E-state index is 0.0654. The minimum atomic E-state index is -0.0654. The highest BCUT2D eigenvalue weighted by Gasteiger charge is 2.19. The topological polar surface area (TPSA) is 52.7 Å². The number of hydrogen-bond acceptors (Lipinski definition) is 2. The van der Waals surface area contributed by atoms with Crippen LogP contribution in [0.2, 0.25) is 0 Å². The van der Waals surface area contributed by atoms with Crippen molar-refractivity contribution in [1.29, 1.82) is 0 Å². The van der Waals surface area contributed by atoms with Crippen LogP contribution >= 0.6 is 0 Å². The zero-order valence-corrected chi connectivity index (χ0v) is 10.2. The molecule has 1 aromatic carbocycles. The molecule has 1 aliphatic heterocycles. The first-order valence-electron chi connectivity index (χ1n) is 6.05. The number of piperazine rings is 1. The summed E-state index contributed by atoms with van der Waals surface area (Å²) in [5, 5.41) is 2.88. The van der Waals surface area contributed by atoms with Gasteiger partial charge in [0.25, 0.3) is 0 Å². The fourth-order valence-electron chi connectivity index (χ4n) is 1.92. The van der Waals surface area contributed by atoms with Crippen LogP contribution in [-0.2, 0) is 11.3 Å². The molecular formula is C13H17N3O2. The third-order valence-corrected chi connectivity index (χ3v) is 3.04. The number of amides is 3. The second kappa shape index (κ2) is 6.05. The van der Waals surface area contributed by atoms with Gasteiger partial charge in [0.15, 0.2) is 0 Å². The van der Waals surface area contributed by atoms with E-state index in [2.05, 4.69) is 5.32 Å². The largest absolute Gasteiger partial charge is 0.342 e. The molecule has 1 aliphatic rings. The van der Waals surface area contributed by atoms with Gasteiger partial charge in [-0.2, -0.15) is 0 Å². The van der Waals surface area contributed by atoms with E-state index in [9.17, 15) is 9.59 Å². The summed E-state index contributed by atoms with van der Waals surface area (Å²) in [6.45, 7) is 2.96. The smallest absolute Gasteiger partial charge is 0.317 e. The van der Waals surface area contributed by atoms with Crippen LogP contribution in [-0.4, -0.2) is 48.4 Å². The van der Waals surface area contributed by atoms with Gasteiger partial charge in [0.1, 0.15) is 0 Å². The third-order valence-electron chi connectivity index (χ3n) is 3.04. The number of nitrogens with zero attached hydrogens (tertiary/aromatic N) is 2. The molecule has 0 bridgehead atoms. The molecule has 1 aromatic rings. The van der Waals surface area contributed by atoms with Crippen LogP contribution in [0.4, 0.5) is 4.79 Å². The van der Waals surface area contributed by atoms with Crippen LogP contribution in [0.5, 0.6) is 0 Å². The lowest BCUT2D eigenvalue weighted by Crippen LogP contribution is -2.51. The molecule has 3 amide bonds. The molecule has 0 saturated carbocycles. The molecular weight excluding hydrogens is 230 g/mol. The van der Waals surface area contributed by atoms with Crippen LogP contribution in [0, 0.1) is 0 Å². The van der Waals surface area contributed by atoms with Crippen molar-refractivity contribution in [2.45, 2.75) is 6.54 Å². The second-order valence-electron chi connectivity index (χ2n) is 4.27. The summed E-state index contributed by atoms with van der Waals surface area (Å²) >= 11 is 0. The van der Waals surface area contributed by atoms with Crippen molar-refractivity contribution in [2.75, 3.05) is 26.2 Å². The van der Waals surface area contributed by atoms with Gasteiger partial charge in [-0.1, -0.05) is 30.3 Å². The van der Waals surface area contributed by atoms with E-state index >= 15 is 0 Å². The molecule has 0 aliphatic carbocycles. The highest BCUT2D eigenvalue weighted by molar-refractivity contribution is 5.74. The molecule has 18 heavy (non-hydrogen) atoms. The van der Waals surface area contributed by atoms with Crippen LogP contribution in [0.15, 0.2) is 30.3 Å². The standard InChI is InChI=1S/C13H17N3O2/c17-11-15-6-8-16(9-7-15)13(18)14-10-12-4-2-1-3-5-12/h1-5,11H,6-10H2,(H,14,18). The fourth-order valence-corrected chi connectivity index (χ4v) is 1.92. The Kier molecular flexibility index (Phi) is 4.17. The number of urea groups is 1. The summed E-state index contributed by atoms with van der Waals surface area (Å²) in [4.78, 5) is 25.8. The molecule has 1 fully saturated rings. The second-order valence-corrected chi connectivity index (χ2v) is 4.27. The molecule has 2 rings (SSSR count). The maximum atomic E-state index is 11.9. The molecule has 1 N–H and O–H groups in total. The minimum Gasteiger partial charge on any atom is -0.342 e. The van der Waals surface area contributed by atoms with Gasteiger partial charge in [-0.3, -0.25) is 4.79 Å². The first kappa shape index (κ1) is 12.4. The van der Waals surface area contributed by atoms with Crippen molar-refractivity contribution < 1.29 is 9.59 Å². The molecule has 0 radical (unpaired) electrons. The van der Waals surface area contributed by atoms with Gasteiger partial charge in [-0.15, -0.1) is 0 Å². The highest BCUT2D eigenvalue weighted by Crippen LogP contribution is 2.01. The number of carbonyl (C=O) groups is 2. The van der Waals surface area contributed by atoms with Crippen LogP contribution in [0.25, 0.3) is 0 Å². The number of hydrogen-bond donors (Lipinski definition) is 1. The van der Waals surface area contributed by atoms with Crippen molar-refractivity contribution in [2.24, 2.45) is 0 Å². The molecule has 0 atom stereocenters. The average Bonchev–Trinajstić information content (AvgIpc) is 2.46. The summed E-state index contributed by atoms with van der Waals surface area (Å²) in [7, 11) is 0. The SMILES string of the molecule is O=CN1CCN(C(=O)NCc2ccccc2)CC1. The van der Waals surface area contributed by atoms with Gasteiger partial charge in [0.05, 0.1) is 0 Å². The zero-order valence-electron chi connectivity index (χ0n) is 10.2. The Balaban J connectivity index is 1.77. The Bertz CT molecular complexity index is 400. The van der Waals surface area contributed by atoms with Gasteiger partial charge in [-0.25, -0.2) is 4.79 Å². The van der Waals surface area contributed by atoms with E-state index in [1.165, 1.54) is 0 Å². The maximum Gasteiger partial charge on any atom is 0.317 e. The molecule has 0 spiro atoms. The Labute approximate surface area is 106 Å². The van der Waals surface area contributed by atoms with Gasteiger partial charge in [0.2, 0.25) is 6.41 Å². The Morgan fingerprint density at radius 1 is 1.17 bits per heavy atom. The van der Waals surface area contributed by atoms with Gasteiger partial charge in [0, 0.05) is 32.7 Å². The van der Waals surface area contributed by atoms with Gasteiger partial charge >= 0.3 is 6.03 Å². The van der Waals surface area contributed by atoms with E-state index in [1.54, 1.807) is 9.80 Å². The average molecular weight is 247 g/mol. The molecule has 0 aromatic heterocycles. The number of rotatable bonds is 3. The number of benzene rings is 1. The van der Waals surface area contributed by atoms with Crippen molar-refractivity contribution in [3.8, 4) is 0 Å². The lowest BCUT2D eigenvalue weighted by atomic mass is 10.2. The fraction of sp³-hybridized carbons (Fsp3) is 0.385. The zero-order chi connectivity index (χ0) is 12.8.